The van der Waals surface area contributed by atoms with Crippen LogP contribution in [0, 0.1) is 0 Å². The van der Waals surface area contributed by atoms with Crippen LogP contribution in [0.1, 0.15) is 12.8 Å². The number of carbonyl (C=O) groups excluding carboxylic acids is 1. The summed E-state index contributed by atoms with van der Waals surface area (Å²) in [6.45, 7) is 5.61. The number of amides is 1. The molecule has 2 saturated heterocycles. The summed E-state index contributed by atoms with van der Waals surface area (Å²) in [6.07, 6.45) is 2.04. The van der Waals surface area contributed by atoms with Crippen LogP contribution in [0.5, 0.6) is 0 Å². The highest BCUT2D eigenvalue weighted by atomic mass is 16.5. The van der Waals surface area contributed by atoms with E-state index in [1.165, 1.54) is 0 Å². The molecule has 0 saturated carbocycles. The highest BCUT2D eigenvalue weighted by Crippen LogP contribution is 2.22. The molecule has 0 atom stereocenters. The van der Waals surface area contributed by atoms with Crippen LogP contribution in [0.2, 0.25) is 0 Å². The molecule has 3 rings (SSSR count). The number of hydrogen-bond donors (Lipinski definition) is 1. The fourth-order valence-electron chi connectivity index (χ4n) is 3.24. The molecule has 0 aliphatic carbocycles. The van der Waals surface area contributed by atoms with E-state index in [0.717, 1.165) is 57.9 Å². The number of carbonyl (C=O) groups is 1. The van der Waals surface area contributed by atoms with Crippen molar-refractivity contribution in [3.05, 3.63) is 30.3 Å². The lowest BCUT2D eigenvalue weighted by molar-refractivity contribution is -0.121. The van der Waals surface area contributed by atoms with Crippen molar-refractivity contribution >= 4 is 11.6 Å². The van der Waals surface area contributed by atoms with Gasteiger partial charge in [0.15, 0.2) is 0 Å². The second kappa shape index (κ2) is 7.72. The Bertz CT molecular complexity index is 468. The van der Waals surface area contributed by atoms with Gasteiger partial charge in [-0.25, -0.2) is 0 Å². The molecule has 5 heteroatoms. The van der Waals surface area contributed by atoms with Gasteiger partial charge in [0.05, 0.1) is 19.8 Å². The molecule has 0 radical (unpaired) electrons. The Balaban J connectivity index is 1.73. The van der Waals surface area contributed by atoms with Crippen molar-refractivity contribution in [2.75, 3.05) is 50.8 Å². The van der Waals surface area contributed by atoms with Crippen molar-refractivity contribution in [3.63, 3.8) is 0 Å². The van der Waals surface area contributed by atoms with Gasteiger partial charge in [0.25, 0.3) is 0 Å². The molecule has 0 bridgehead atoms. The number of hydrogen-bond acceptors (Lipinski definition) is 4. The number of ether oxygens (including phenoxy) is 1. The van der Waals surface area contributed by atoms with E-state index >= 15 is 0 Å². The Morgan fingerprint density at radius 2 is 1.86 bits per heavy atom. The van der Waals surface area contributed by atoms with E-state index < -0.39 is 0 Å². The summed E-state index contributed by atoms with van der Waals surface area (Å²) < 4.78 is 5.37. The van der Waals surface area contributed by atoms with E-state index in [-0.39, 0.29) is 5.91 Å². The lowest BCUT2D eigenvalue weighted by Crippen LogP contribution is -2.51. The number of nitrogens with zero attached hydrogens (tertiary/aromatic N) is 2. The zero-order valence-electron chi connectivity index (χ0n) is 13.0. The molecular weight excluding hydrogens is 278 g/mol. The Morgan fingerprint density at radius 3 is 2.55 bits per heavy atom. The van der Waals surface area contributed by atoms with E-state index in [0.29, 0.717) is 12.6 Å². The number of morpholine rings is 1. The minimum Gasteiger partial charge on any atom is -0.379 e. The van der Waals surface area contributed by atoms with Crippen LogP contribution in [0.4, 0.5) is 5.69 Å². The number of benzene rings is 1. The van der Waals surface area contributed by atoms with Crippen LogP contribution in [0.25, 0.3) is 0 Å². The molecule has 1 amide bonds. The van der Waals surface area contributed by atoms with E-state index in [1.54, 1.807) is 0 Å². The summed E-state index contributed by atoms with van der Waals surface area (Å²) in [5, 5.41) is 3.38. The van der Waals surface area contributed by atoms with Gasteiger partial charge in [-0.15, -0.1) is 0 Å². The third-order valence-corrected chi connectivity index (χ3v) is 4.44. The SMILES string of the molecule is O=C(CN1CCOCC1)N(c1ccccc1)C1CCNCC1. The van der Waals surface area contributed by atoms with Crippen molar-refractivity contribution in [2.24, 2.45) is 0 Å². The first-order valence-electron chi connectivity index (χ1n) is 8.22. The minimum absolute atomic E-state index is 0.208. The normalized spacial score (nSPS) is 20.7. The van der Waals surface area contributed by atoms with Gasteiger partial charge >= 0.3 is 0 Å². The summed E-state index contributed by atoms with van der Waals surface area (Å²) in [7, 11) is 0. The fourth-order valence-corrected chi connectivity index (χ4v) is 3.24. The van der Waals surface area contributed by atoms with Gasteiger partial charge in [-0.3, -0.25) is 9.69 Å². The molecule has 1 aromatic carbocycles. The van der Waals surface area contributed by atoms with E-state index in [2.05, 4.69) is 10.2 Å². The first-order chi connectivity index (χ1) is 10.8. The van der Waals surface area contributed by atoms with Crippen molar-refractivity contribution in [1.82, 2.24) is 10.2 Å². The average Bonchev–Trinajstić information content (AvgIpc) is 2.58. The summed E-state index contributed by atoms with van der Waals surface area (Å²) in [4.78, 5) is 17.2. The summed E-state index contributed by atoms with van der Waals surface area (Å²) in [5.41, 5.74) is 1.02. The van der Waals surface area contributed by atoms with E-state index in [1.807, 2.05) is 35.2 Å². The average molecular weight is 303 g/mol. The molecule has 1 N–H and O–H groups in total. The molecule has 2 aliphatic heterocycles. The van der Waals surface area contributed by atoms with Crippen LogP contribution < -0.4 is 10.2 Å². The fraction of sp³-hybridized carbons (Fsp3) is 0.588. The predicted octanol–water partition coefficient (Wildman–Crippen LogP) is 1.10. The summed E-state index contributed by atoms with van der Waals surface area (Å²) in [6, 6.07) is 10.4. The quantitative estimate of drug-likeness (QED) is 0.905. The minimum atomic E-state index is 0.208. The molecule has 5 nitrogen and oxygen atoms in total. The van der Waals surface area contributed by atoms with Crippen LogP contribution >= 0.6 is 0 Å². The Morgan fingerprint density at radius 1 is 1.18 bits per heavy atom. The maximum absolute atomic E-state index is 12.9. The Kier molecular flexibility index (Phi) is 5.43. The molecule has 0 unspecified atom stereocenters. The van der Waals surface area contributed by atoms with E-state index in [9.17, 15) is 4.79 Å². The van der Waals surface area contributed by atoms with Crippen LogP contribution in [-0.4, -0.2) is 62.8 Å². The van der Waals surface area contributed by atoms with Crippen molar-refractivity contribution in [1.29, 1.82) is 0 Å². The highest BCUT2D eigenvalue weighted by Gasteiger charge is 2.28. The molecule has 2 aliphatic rings. The summed E-state index contributed by atoms with van der Waals surface area (Å²) in [5.74, 6) is 0.208. The number of rotatable bonds is 4. The van der Waals surface area contributed by atoms with Crippen molar-refractivity contribution in [2.45, 2.75) is 18.9 Å². The number of para-hydroxylation sites is 1. The third kappa shape index (κ3) is 3.85. The zero-order chi connectivity index (χ0) is 15.2. The lowest BCUT2D eigenvalue weighted by Gasteiger charge is -2.36. The first-order valence-corrected chi connectivity index (χ1v) is 8.22. The maximum atomic E-state index is 12.9. The Hall–Kier alpha value is -1.43. The maximum Gasteiger partial charge on any atom is 0.241 e. The van der Waals surface area contributed by atoms with Gasteiger partial charge < -0.3 is 15.0 Å². The predicted molar refractivity (Wildman–Crippen MR) is 87.1 cm³/mol. The molecule has 120 valence electrons. The first kappa shape index (κ1) is 15.5. The van der Waals surface area contributed by atoms with Crippen LogP contribution in [0.15, 0.2) is 30.3 Å². The Labute approximate surface area is 132 Å². The van der Waals surface area contributed by atoms with E-state index in [4.69, 9.17) is 4.74 Å². The second-order valence-electron chi connectivity index (χ2n) is 5.97. The smallest absolute Gasteiger partial charge is 0.241 e. The molecule has 22 heavy (non-hydrogen) atoms. The molecule has 0 aromatic heterocycles. The summed E-state index contributed by atoms with van der Waals surface area (Å²) >= 11 is 0. The lowest BCUT2D eigenvalue weighted by atomic mass is 10.0. The topological polar surface area (TPSA) is 44.8 Å². The largest absolute Gasteiger partial charge is 0.379 e. The van der Waals surface area contributed by atoms with Gasteiger partial charge in [0.2, 0.25) is 5.91 Å². The van der Waals surface area contributed by atoms with Gasteiger partial charge in [0.1, 0.15) is 0 Å². The van der Waals surface area contributed by atoms with Gasteiger partial charge in [-0.2, -0.15) is 0 Å². The highest BCUT2D eigenvalue weighted by molar-refractivity contribution is 5.95. The van der Waals surface area contributed by atoms with Gasteiger partial charge in [-0.05, 0) is 38.1 Å². The zero-order valence-corrected chi connectivity index (χ0v) is 13.0. The molecule has 0 spiro atoms. The van der Waals surface area contributed by atoms with Crippen LogP contribution in [-0.2, 0) is 9.53 Å². The van der Waals surface area contributed by atoms with Gasteiger partial charge in [0, 0.05) is 24.8 Å². The number of piperidine rings is 1. The number of anilines is 1. The number of nitrogens with one attached hydrogen (secondary N) is 1. The van der Waals surface area contributed by atoms with Crippen molar-refractivity contribution < 1.29 is 9.53 Å². The molecule has 2 fully saturated rings. The standard InChI is InChI=1S/C17H25N3O2/c21-17(14-19-10-12-22-13-11-19)20(15-4-2-1-3-5-15)16-6-8-18-9-7-16/h1-5,16,18H,6-14H2. The van der Waals surface area contributed by atoms with Gasteiger partial charge in [-0.1, -0.05) is 18.2 Å². The molecular formula is C17H25N3O2. The van der Waals surface area contributed by atoms with Crippen LogP contribution in [0.3, 0.4) is 0 Å². The second-order valence-corrected chi connectivity index (χ2v) is 5.97. The van der Waals surface area contributed by atoms with Crippen molar-refractivity contribution in [3.8, 4) is 0 Å². The molecule has 2 heterocycles. The molecule has 1 aromatic rings. The monoisotopic (exact) mass is 303 g/mol. The third-order valence-electron chi connectivity index (χ3n) is 4.44.